The van der Waals surface area contributed by atoms with E-state index in [1.165, 1.54) is 0 Å². The van der Waals surface area contributed by atoms with Crippen molar-refractivity contribution in [3.63, 3.8) is 0 Å². The summed E-state index contributed by atoms with van der Waals surface area (Å²) in [5, 5.41) is 21.9. The van der Waals surface area contributed by atoms with Crippen LogP contribution in [0.25, 0.3) is 0 Å². The number of halogens is 1. The third kappa shape index (κ3) is 7.59. The van der Waals surface area contributed by atoms with Gasteiger partial charge in [-0.1, -0.05) is 33.0 Å². The van der Waals surface area contributed by atoms with Crippen molar-refractivity contribution in [1.29, 1.82) is 0 Å². The van der Waals surface area contributed by atoms with Crippen LogP contribution in [0.1, 0.15) is 37.1 Å². The number of pyridine rings is 1. The van der Waals surface area contributed by atoms with Gasteiger partial charge in [-0.15, -0.1) is 5.10 Å². The summed E-state index contributed by atoms with van der Waals surface area (Å²) in [6.07, 6.45) is 3.53. The molecule has 2 aromatic heterocycles. The Morgan fingerprint density at radius 3 is 2.76 bits per heavy atom. The average molecular weight is 484 g/mol. The quantitative estimate of drug-likeness (QED) is 0.276. The van der Waals surface area contributed by atoms with Crippen molar-refractivity contribution in [1.82, 2.24) is 25.2 Å². The van der Waals surface area contributed by atoms with E-state index in [2.05, 4.69) is 56.1 Å². The molecule has 0 saturated carbocycles. The fourth-order valence-electron chi connectivity index (χ4n) is 3.14. The summed E-state index contributed by atoms with van der Waals surface area (Å²) in [4.78, 5) is 16.2. The predicted octanol–water partition coefficient (Wildman–Crippen LogP) is 3.97. The Bertz CT molecular complexity index is 796. The summed E-state index contributed by atoms with van der Waals surface area (Å²) in [6.45, 7) is 9.74. The van der Waals surface area contributed by atoms with E-state index >= 15 is 0 Å². The fourth-order valence-corrected chi connectivity index (χ4v) is 4.31. The molecule has 0 aliphatic carbocycles. The minimum absolute atomic E-state index is 0.224. The monoisotopic (exact) mass is 483 g/mol. The minimum atomic E-state index is -1.19. The second kappa shape index (κ2) is 10.9. The van der Waals surface area contributed by atoms with Gasteiger partial charge in [-0.3, -0.25) is 4.79 Å². The number of hydrogen-bond acceptors (Lipinski definition) is 6. The lowest BCUT2D eigenvalue weighted by atomic mass is 9.83. The lowest BCUT2D eigenvalue weighted by molar-refractivity contribution is -0.143. The van der Waals surface area contributed by atoms with Gasteiger partial charge >= 0.3 is 5.97 Å². The van der Waals surface area contributed by atoms with Crippen molar-refractivity contribution in [3.05, 3.63) is 34.3 Å². The molecule has 0 amide bonds. The first-order valence-electron chi connectivity index (χ1n) is 9.88. The van der Waals surface area contributed by atoms with Gasteiger partial charge in [0, 0.05) is 26.8 Å². The largest absolute Gasteiger partial charge is 0.481 e. The topological polar surface area (TPSA) is 103 Å². The predicted molar refractivity (Wildman–Crippen MR) is 116 cm³/mol. The standard InChI is InChI=1S/C19H30BrN5O3Si/c1-5-6-15(19(26)27)16(11-14-7-8-21-17(20)12-14)18-22-23-24-25(18)13-28-9-10-29(2,3)4/h7-8,12,15-16H,5-6,9-11,13H2,1-4H3,(H,26,27)/t15-,16-/m0/s1. The summed E-state index contributed by atoms with van der Waals surface area (Å²) >= 11 is 3.38. The number of rotatable bonds is 12. The van der Waals surface area contributed by atoms with Crippen LogP contribution in [-0.4, -0.2) is 50.9 Å². The maximum Gasteiger partial charge on any atom is 0.307 e. The first kappa shape index (κ1) is 23.6. The van der Waals surface area contributed by atoms with Crippen LogP contribution in [0.2, 0.25) is 25.7 Å². The van der Waals surface area contributed by atoms with E-state index < -0.39 is 20.0 Å². The smallest absolute Gasteiger partial charge is 0.307 e. The lowest BCUT2D eigenvalue weighted by Gasteiger charge is -2.23. The number of aromatic nitrogens is 5. The highest BCUT2D eigenvalue weighted by Gasteiger charge is 2.33. The van der Waals surface area contributed by atoms with Crippen molar-refractivity contribution in [2.75, 3.05) is 6.61 Å². The molecule has 0 unspecified atom stereocenters. The van der Waals surface area contributed by atoms with Crippen LogP contribution in [0, 0.1) is 5.92 Å². The van der Waals surface area contributed by atoms with Crippen LogP contribution in [0.15, 0.2) is 22.9 Å². The van der Waals surface area contributed by atoms with Crippen LogP contribution in [-0.2, 0) is 22.7 Å². The molecule has 0 radical (unpaired) electrons. The van der Waals surface area contributed by atoms with Gasteiger partial charge in [0.05, 0.1) is 5.92 Å². The highest BCUT2D eigenvalue weighted by molar-refractivity contribution is 9.10. The number of ether oxygens (including phenoxy) is 1. The molecule has 10 heteroatoms. The molecule has 0 aromatic carbocycles. The Hall–Kier alpha value is -1.65. The van der Waals surface area contributed by atoms with Gasteiger partial charge in [-0.05, 0) is 62.9 Å². The summed E-state index contributed by atoms with van der Waals surface area (Å²) < 4.78 is 8.11. The molecule has 2 heterocycles. The molecule has 0 spiro atoms. The van der Waals surface area contributed by atoms with Gasteiger partial charge in [0.2, 0.25) is 0 Å². The molecule has 160 valence electrons. The van der Waals surface area contributed by atoms with E-state index in [1.54, 1.807) is 10.9 Å². The summed E-state index contributed by atoms with van der Waals surface area (Å²) in [6, 6.07) is 4.84. The Balaban J connectivity index is 2.24. The molecule has 0 aliphatic heterocycles. The molecule has 0 bridgehead atoms. The zero-order valence-electron chi connectivity index (χ0n) is 17.5. The molecule has 0 aliphatic rings. The third-order valence-corrected chi connectivity index (χ3v) is 6.89. The second-order valence-electron chi connectivity index (χ2n) is 8.42. The molecule has 2 rings (SSSR count). The SMILES string of the molecule is CCC[C@H](C(=O)O)[C@H](Cc1ccnc(Br)c1)c1nnnn1COCC[Si](C)(C)C. The number of tetrazole rings is 1. The molecule has 2 aromatic rings. The number of aliphatic carboxylic acids is 1. The van der Waals surface area contributed by atoms with Crippen molar-refractivity contribution < 1.29 is 14.6 Å². The third-order valence-electron chi connectivity index (χ3n) is 4.75. The molecule has 0 saturated heterocycles. The van der Waals surface area contributed by atoms with Crippen molar-refractivity contribution >= 4 is 30.0 Å². The molecule has 8 nitrogen and oxygen atoms in total. The first-order valence-corrected chi connectivity index (χ1v) is 14.4. The second-order valence-corrected chi connectivity index (χ2v) is 14.8. The van der Waals surface area contributed by atoms with Crippen LogP contribution in [0.3, 0.4) is 0 Å². The van der Waals surface area contributed by atoms with Gasteiger partial charge in [-0.25, -0.2) is 9.67 Å². The molecule has 0 fully saturated rings. The number of carboxylic acids is 1. The summed E-state index contributed by atoms with van der Waals surface area (Å²) in [5.41, 5.74) is 0.980. The van der Waals surface area contributed by atoms with E-state index in [-0.39, 0.29) is 12.6 Å². The minimum Gasteiger partial charge on any atom is -0.481 e. The Morgan fingerprint density at radius 1 is 1.38 bits per heavy atom. The normalized spacial score (nSPS) is 14.0. The molecule has 1 N–H and O–H groups in total. The van der Waals surface area contributed by atoms with Gasteiger partial charge < -0.3 is 9.84 Å². The van der Waals surface area contributed by atoms with Gasteiger partial charge in [-0.2, -0.15) is 0 Å². The highest BCUT2D eigenvalue weighted by Crippen LogP contribution is 2.31. The summed E-state index contributed by atoms with van der Waals surface area (Å²) in [5.74, 6) is -1.23. The number of carbonyl (C=O) groups is 1. The maximum atomic E-state index is 12.0. The Labute approximate surface area is 181 Å². The highest BCUT2D eigenvalue weighted by atomic mass is 79.9. The van der Waals surface area contributed by atoms with Gasteiger partial charge in [0.25, 0.3) is 0 Å². The van der Waals surface area contributed by atoms with E-state index in [9.17, 15) is 9.90 Å². The van der Waals surface area contributed by atoms with E-state index in [0.717, 1.165) is 18.0 Å². The zero-order valence-corrected chi connectivity index (χ0v) is 20.1. The van der Waals surface area contributed by atoms with Crippen LogP contribution >= 0.6 is 15.9 Å². The van der Waals surface area contributed by atoms with E-state index in [4.69, 9.17) is 4.74 Å². The molecular weight excluding hydrogens is 454 g/mol. The van der Waals surface area contributed by atoms with Crippen molar-refractivity contribution in [2.24, 2.45) is 5.92 Å². The van der Waals surface area contributed by atoms with E-state index in [0.29, 0.717) is 29.9 Å². The Kier molecular flexibility index (Phi) is 8.91. The summed E-state index contributed by atoms with van der Waals surface area (Å²) in [7, 11) is -1.19. The van der Waals surface area contributed by atoms with Gasteiger partial charge in [0.1, 0.15) is 11.3 Å². The average Bonchev–Trinajstić information content (AvgIpc) is 3.09. The molecular formula is C19H30BrN5O3Si. The first-order chi connectivity index (χ1) is 13.7. The van der Waals surface area contributed by atoms with Crippen molar-refractivity contribution in [3.8, 4) is 0 Å². The fraction of sp³-hybridized carbons (Fsp3) is 0.632. The Morgan fingerprint density at radius 2 is 2.14 bits per heavy atom. The lowest BCUT2D eigenvalue weighted by Crippen LogP contribution is -2.27. The number of carboxylic acid groups (broad SMARTS) is 1. The maximum absolute atomic E-state index is 12.0. The van der Waals surface area contributed by atoms with Crippen LogP contribution < -0.4 is 0 Å². The van der Waals surface area contributed by atoms with Crippen molar-refractivity contribution in [2.45, 2.75) is 64.5 Å². The van der Waals surface area contributed by atoms with Crippen LogP contribution in [0.4, 0.5) is 0 Å². The number of hydrogen-bond donors (Lipinski definition) is 1. The molecule has 29 heavy (non-hydrogen) atoms. The zero-order chi connectivity index (χ0) is 21.4. The number of nitrogens with zero attached hydrogens (tertiary/aromatic N) is 5. The van der Waals surface area contributed by atoms with E-state index in [1.807, 2.05) is 19.1 Å². The van der Waals surface area contributed by atoms with Gasteiger partial charge in [0.15, 0.2) is 5.82 Å². The molecule has 2 atom stereocenters. The van der Waals surface area contributed by atoms with Crippen LogP contribution in [0.5, 0.6) is 0 Å².